The SMILES string of the molecule is CCOC(=O)c1c(NC(=O)CSc2ncn[nH]2)sc2c1CC(C)(C)[NH2+]C2(C)C. The number of thiophene rings is 1. The highest BCUT2D eigenvalue weighted by molar-refractivity contribution is 7.99. The number of esters is 1. The standard InChI is InChI=1S/C18H25N5O3S2/c1-6-26-15(25)12-10-7-17(2,3)23-18(4,5)13(10)28-14(12)21-11(24)8-27-16-19-9-20-22-16/h9,23H,6-8H2,1-5H3,(H,21,24)(H,19,20,22)/p+1. The summed E-state index contributed by atoms with van der Waals surface area (Å²) < 4.78 is 5.31. The number of thioether (sulfide) groups is 1. The summed E-state index contributed by atoms with van der Waals surface area (Å²) in [5.74, 6) is -0.417. The molecule has 0 saturated carbocycles. The molecule has 2 aromatic rings. The number of quaternary nitrogens is 1. The molecule has 1 amide bonds. The normalized spacial score (nSPS) is 17.0. The number of nitrogens with two attached hydrogens (primary N) is 1. The molecule has 1 aliphatic heterocycles. The summed E-state index contributed by atoms with van der Waals surface area (Å²) in [7, 11) is 0. The third kappa shape index (κ3) is 4.39. The fraction of sp³-hybridized carbons (Fsp3) is 0.556. The molecule has 0 radical (unpaired) electrons. The van der Waals surface area contributed by atoms with Gasteiger partial charge in [-0.2, -0.15) is 5.10 Å². The number of anilines is 1. The molecule has 0 saturated heterocycles. The van der Waals surface area contributed by atoms with Crippen LogP contribution >= 0.6 is 23.1 Å². The van der Waals surface area contributed by atoms with Crippen LogP contribution in [-0.2, 0) is 21.5 Å². The quantitative estimate of drug-likeness (QED) is 0.482. The van der Waals surface area contributed by atoms with Gasteiger partial charge >= 0.3 is 5.97 Å². The van der Waals surface area contributed by atoms with Crippen LogP contribution in [0.4, 0.5) is 5.00 Å². The van der Waals surface area contributed by atoms with Gasteiger partial charge in [0.1, 0.15) is 16.9 Å². The summed E-state index contributed by atoms with van der Waals surface area (Å²) in [6.07, 6.45) is 2.13. The fourth-order valence-electron chi connectivity index (χ4n) is 3.77. The molecular weight excluding hydrogens is 398 g/mol. The third-order valence-corrected chi connectivity index (χ3v) is 6.81. The molecule has 0 fully saturated rings. The van der Waals surface area contributed by atoms with Crippen LogP contribution in [0.5, 0.6) is 0 Å². The van der Waals surface area contributed by atoms with Gasteiger partial charge in [0.2, 0.25) is 5.91 Å². The summed E-state index contributed by atoms with van der Waals surface area (Å²) in [4.78, 5) is 30.3. The van der Waals surface area contributed by atoms with E-state index in [1.807, 2.05) is 0 Å². The van der Waals surface area contributed by atoms with Gasteiger partial charge in [0, 0.05) is 6.42 Å². The van der Waals surface area contributed by atoms with Crippen molar-refractivity contribution in [1.29, 1.82) is 0 Å². The smallest absolute Gasteiger partial charge is 0.341 e. The predicted octanol–water partition coefficient (Wildman–Crippen LogP) is 1.91. The number of nitrogens with zero attached hydrogens (tertiary/aromatic N) is 2. The van der Waals surface area contributed by atoms with Crippen LogP contribution in [0.1, 0.15) is 55.4 Å². The Morgan fingerprint density at radius 2 is 2.14 bits per heavy atom. The summed E-state index contributed by atoms with van der Waals surface area (Å²) in [5, 5.41) is 12.8. The number of carbonyl (C=O) groups excluding carboxylic acids is 2. The van der Waals surface area contributed by atoms with Gasteiger partial charge in [0.15, 0.2) is 5.16 Å². The first-order valence-electron chi connectivity index (χ1n) is 9.11. The van der Waals surface area contributed by atoms with Gasteiger partial charge in [0.05, 0.1) is 28.3 Å². The van der Waals surface area contributed by atoms with E-state index in [1.54, 1.807) is 6.92 Å². The first-order valence-corrected chi connectivity index (χ1v) is 10.9. The second kappa shape index (κ2) is 7.84. The maximum Gasteiger partial charge on any atom is 0.341 e. The van der Waals surface area contributed by atoms with E-state index in [1.165, 1.54) is 29.4 Å². The van der Waals surface area contributed by atoms with Gasteiger partial charge in [-0.25, -0.2) is 9.78 Å². The number of aromatic nitrogens is 3. The molecule has 3 rings (SSSR count). The van der Waals surface area contributed by atoms with E-state index in [2.05, 4.69) is 53.5 Å². The fourth-order valence-corrected chi connectivity index (χ4v) is 5.65. The number of rotatable bonds is 6. The molecule has 2 aromatic heterocycles. The van der Waals surface area contributed by atoms with Gasteiger partial charge in [0.25, 0.3) is 0 Å². The molecule has 0 bridgehead atoms. The molecule has 0 aromatic carbocycles. The summed E-state index contributed by atoms with van der Waals surface area (Å²) in [5.41, 5.74) is 1.23. The van der Waals surface area contributed by atoms with Crippen molar-refractivity contribution in [3.63, 3.8) is 0 Å². The predicted molar refractivity (Wildman–Crippen MR) is 109 cm³/mol. The van der Waals surface area contributed by atoms with E-state index >= 15 is 0 Å². The van der Waals surface area contributed by atoms with Gasteiger partial charge in [-0.05, 0) is 40.2 Å². The van der Waals surface area contributed by atoms with Crippen LogP contribution in [0.15, 0.2) is 11.5 Å². The van der Waals surface area contributed by atoms with Crippen molar-refractivity contribution in [3.8, 4) is 0 Å². The first-order chi connectivity index (χ1) is 13.1. The summed E-state index contributed by atoms with van der Waals surface area (Å²) in [6.45, 7) is 10.7. The van der Waals surface area contributed by atoms with E-state index in [0.717, 1.165) is 16.9 Å². The number of hydrogen-bond donors (Lipinski definition) is 3. The van der Waals surface area contributed by atoms with E-state index in [4.69, 9.17) is 4.74 Å². The molecule has 0 unspecified atom stereocenters. The van der Waals surface area contributed by atoms with Crippen molar-refractivity contribution < 1.29 is 19.6 Å². The number of nitrogens with one attached hydrogen (secondary N) is 2. The molecule has 152 valence electrons. The number of aromatic amines is 1. The number of carbonyl (C=O) groups is 2. The van der Waals surface area contributed by atoms with Crippen molar-refractivity contribution in [2.75, 3.05) is 17.7 Å². The van der Waals surface area contributed by atoms with Crippen LogP contribution in [-0.4, -0.2) is 45.0 Å². The molecule has 0 aliphatic carbocycles. The average molecular weight is 425 g/mol. The zero-order chi connectivity index (χ0) is 20.5. The number of hydrogen-bond acceptors (Lipinski definition) is 7. The minimum Gasteiger partial charge on any atom is -0.462 e. The average Bonchev–Trinajstić information content (AvgIpc) is 3.19. The molecule has 28 heavy (non-hydrogen) atoms. The molecule has 3 heterocycles. The van der Waals surface area contributed by atoms with Crippen LogP contribution in [0.25, 0.3) is 0 Å². The zero-order valence-corrected chi connectivity index (χ0v) is 18.3. The lowest BCUT2D eigenvalue weighted by molar-refractivity contribution is -0.789. The van der Waals surface area contributed by atoms with E-state index in [9.17, 15) is 9.59 Å². The number of fused-ring (bicyclic) bond motifs is 1. The highest BCUT2D eigenvalue weighted by Gasteiger charge is 2.45. The monoisotopic (exact) mass is 424 g/mol. The van der Waals surface area contributed by atoms with Crippen molar-refractivity contribution in [2.45, 2.75) is 57.3 Å². The lowest BCUT2D eigenvalue weighted by Crippen LogP contribution is -3.03. The highest BCUT2D eigenvalue weighted by Crippen LogP contribution is 2.42. The van der Waals surface area contributed by atoms with Gasteiger partial charge in [-0.15, -0.1) is 11.3 Å². The van der Waals surface area contributed by atoms with Gasteiger partial charge in [-0.3, -0.25) is 9.89 Å². The maximum atomic E-state index is 12.7. The lowest BCUT2D eigenvalue weighted by Gasteiger charge is -2.38. The Hall–Kier alpha value is -1.91. The van der Waals surface area contributed by atoms with E-state index in [0.29, 0.717) is 15.7 Å². The molecule has 4 N–H and O–H groups in total. The molecule has 8 nitrogen and oxygen atoms in total. The summed E-state index contributed by atoms with van der Waals surface area (Å²) in [6, 6.07) is 0. The van der Waals surface area contributed by atoms with Crippen LogP contribution < -0.4 is 10.6 Å². The second-order valence-corrected chi connectivity index (χ2v) is 9.98. The van der Waals surface area contributed by atoms with E-state index in [-0.39, 0.29) is 35.3 Å². The van der Waals surface area contributed by atoms with Crippen LogP contribution in [0.2, 0.25) is 0 Å². The number of amides is 1. The Morgan fingerprint density at radius 1 is 1.39 bits per heavy atom. The first kappa shape index (κ1) is 20.8. The van der Waals surface area contributed by atoms with Gasteiger partial charge < -0.3 is 15.4 Å². The van der Waals surface area contributed by atoms with Crippen LogP contribution in [0.3, 0.4) is 0 Å². The lowest BCUT2D eigenvalue weighted by atomic mass is 9.81. The van der Waals surface area contributed by atoms with Gasteiger partial charge in [-0.1, -0.05) is 11.8 Å². The Labute approximate surface area is 172 Å². The highest BCUT2D eigenvalue weighted by atomic mass is 32.2. The molecule has 0 spiro atoms. The minimum atomic E-state index is -0.383. The van der Waals surface area contributed by atoms with Crippen molar-refractivity contribution in [2.24, 2.45) is 0 Å². The number of ether oxygens (including phenoxy) is 1. The molecule has 0 atom stereocenters. The van der Waals surface area contributed by atoms with Crippen LogP contribution in [0, 0.1) is 0 Å². The Kier molecular flexibility index (Phi) is 5.83. The largest absolute Gasteiger partial charge is 0.462 e. The van der Waals surface area contributed by atoms with Crippen molar-refractivity contribution in [1.82, 2.24) is 15.2 Å². The molecular formula is C18H26N5O3S2+. The minimum absolute atomic E-state index is 0.0533. The summed E-state index contributed by atoms with van der Waals surface area (Å²) >= 11 is 2.72. The topological polar surface area (TPSA) is 114 Å². The Morgan fingerprint density at radius 3 is 2.79 bits per heavy atom. The third-order valence-electron chi connectivity index (χ3n) is 4.44. The van der Waals surface area contributed by atoms with Crippen molar-refractivity contribution >= 4 is 40.0 Å². The number of H-pyrrole nitrogens is 1. The van der Waals surface area contributed by atoms with Crippen molar-refractivity contribution in [3.05, 3.63) is 22.3 Å². The van der Waals surface area contributed by atoms with E-state index < -0.39 is 0 Å². The maximum absolute atomic E-state index is 12.7. The molecule has 1 aliphatic rings. The zero-order valence-electron chi connectivity index (χ0n) is 16.7. The molecule has 10 heteroatoms. The Bertz CT molecular complexity index is 874. The second-order valence-electron chi connectivity index (χ2n) is 7.99. The Balaban J connectivity index is 1.91.